The second-order valence-electron chi connectivity index (χ2n) is 3.82. The molecule has 0 bridgehead atoms. The van der Waals surface area contributed by atoms with Crippen molar-refractivity contribution in [2.75, 3.05) is 0 Å². The third kappa shape index (κ3) is 3.55. The van der Waals surface area contributed by atoms with Crippen LogP contribution in [-0.2, 0) is 23.2 Å². The van der Waals surface area contributed by atoms with E-state index in [0.29, 0.717) is 15.5 Å². The molecule has 0 amide bonds. The van der Waals surface area contributed by atoms with Crippen LogP contribution in [0.3, 0.4) is 0 Å². The van der Waals surface area contributed by atoms with Crippen LogP contribution in [0.4, 0.5) is 0 Å². The highest BCUT2D eigenvalue weighted by molar-refractivity contribution is 7.89. The van der Waals surface area contributed by atoms with Crippen molar-refractivity contribution in [1.29, 1.82) is 0 Å². The zero-order chi connectivity index (χ0) is 13.9. The Balaban J connectivity index is 2.12. The summed E-state index contributed by atoms with van der Waals surface area (Å²) in [4.78, 5) is 0.770. The van der Waals surface area contributed by atoms with E-state index in [4.69, 9.17) is 16.7 Å². The lowest BCUT2D eigenvalue weighted by Gasteiger charge is -2.06. The fourth-order valence-corrected chi connectivity index (χ4v) is 3.83. The van der Waals surface area contributed by atoms with E-state index in [1.807, 2.05) is 0 Å². The van der Waals surface area contributed by atoms with Crippen LogP contribution in [0.15, 0.2) is 40.6 Å². The Morgan fingerprint density at radius 2 is 2.05 bits per heavy atom. The number of hydrogen-bond donors (Lipinski definition) is 2. The number of hydrogen-bond acceptors (Lipinski definition) is 4. The number of aliphatic hydroxyl groups excluding tert-OH is 1. The first-order valence-electron chi connectivity index (χ1n) is 5.44. The maximum Gasteiger partial charge on any atom is 0.241 e. The van der Waals surface area contributed by atoms with E-state index in [2.05, 4.69) is 4.72 Å². The summed E-state index contributed by atoms with van der Waals surface area (Å²) < 4.78 is 26.5. The van der Waals surface area contributed by atoms with Gasteiger partial charge in [0.05, 0.1) is 11.5 Å². The van der Waals surface area contributed by atoms with Crippen molar-refractivity contribution in [1.82, 2.24) is 4.72 Å². The molecule has 0 unspecified atom stereocenters. The number of thiophene rings is 1. The van der Waals surface area contributed by atoms with Crippen molar-refractivity contribution in [2.24, 2.45) is 0 Å². The zero-order valence-electron chi connectivity index (χ0n) is 9.84. The summed E-state index contributed by atoms with van der Waals surface area (Å²) in [6.45, 7) is -0.0307. The maximum atomic E-state index is 12.0. The average Bonchev–Trinajstić information content (AvgIpc) is 2.87. The molecule has 0 fully saturated rings. The molecule has 1 aromatic heterocycles. The van der Waals surface area contributed by atoms with Gasteiger partial charge < -0.3 is 5.11 Å². The number of nitrogens with one attached hydrogen (secondary N) is 1. The molecule has 0 saturated heterocycles. The second kappa shape index (κ2) is 6.02. The van der Waals surface area contributed by atoms with E-state index in [1.54, 1.807) is 24.3 Å². The van der Waals surface area contributed by atoms with Crippen molar-refractivity contribution in [3.63, 3.8) is 0 Å². The molecule has 1 heterocycles. The Kier molecular flexibility index (Phi) is 4.59. The lowest BCUT2D eigenvalue weighted by atomic mass is 10.2. The van der Waals surface area contributed by atoms with Gasteiger partial charge in [0.15, 0.2) is 0 Å². The predicted octanol–water partition coefficient (Wildman–Crippen LogP) is 2.37. The molecule has 2 N–H and O–H groups in total. The number of benzene rings is 1. The second-order valence-corrected chi connectivity index (χ2v) is 6.99. The van der Waals surface area contributed by atoms with E-state index in [-0.39, 0.29) is 18.0 Å². The van der Waals surface area contributed by atoms with Crippen LogP contribution in [0.1, 0.15) is 10.4 Å². The fourth-order valence-electron chi connectivity index (χ4n) is 1.48. The van der Waals surface area contributed by atoms with Crippen molar-refractivity contribution >= 4 is 33.0 Å². The van der Waals surface area contributed by atoms with Gasteiger partial charge in [-0.1, -0.05) is 29.8 Å². The smallest absolute Gasteiger partial charge is 0.241 e. The van der Waals surface area contributed by atoms with Crippen LogP contribution in [0.2, 0.25) is 5.02 Å². The van der Waals surface area contributed by atoms with Crippen molar-refractivity contribution < 1.29 is 13.5 Å². The van der Waals surface area contributed by atoms with E-state index in [9.17, 15) is 8.42 Å². The first kappa shape index (κ1) is 14.5. The molecule has 0 aliphatic heterocycles. The molecular formula is C12H12ClNO3S2. The lowest BCUT2D eigenvalue weighted by molar-refractivity contribution is 0.285. The lowest BCUT2D eigenvalue weighted by Crippen LogP contribution is -2.22. The van der Waals surface area contributed by atoms with Gasteiger partial charge in [0.2, 0.25) is 10.0 Å². The summed E-state index contributed by atoms with van der Waals surface area (Å²) in [6.07, 6.45) is 0. The molecule has 19 heavy (non-hydrogen) atoms. The predicted molar refractivity (Wildman–Crippen MR) is 75.7 cm³/mol. The molecule has 0 aliphatic carbocycles. The summed E-state index contributed by atoms with van der Waals surface area (Å²) in [6, 6.07) is 8.51. The van der Waals surface area contributed by atoms with Gasteiger partial charge in [-0.15, -0.1) is 11.3 Å². The average molecular weight is 318 g/mol. The van der Waals surface area contributed by atoms with Crippen LogP contribution in [-0.4, -0.2) is 13.5 Å². The van der Waals surface area contributed by atoms with Crippen LogP contribution < -0.4 is 4.72 Å². The Morgan fingerprint density at radius 1 is 1.32 bits per heavy atom. The number of halogens is 1. The Bertz CT molecular complexity index is 667. The summed E-state index contributed by atoms with van der Waals surface area (Å²) >= 11 is 7.17. The topological polar surface area (TPSA) is 66.4 Å². The molecule has 2 aromatic rings. The quantitative estimate of drug-likeness (QED) is 0.889. The van der Waals surface area contributed by atoms with E-state index in [1.165, 1.54) is 22.8 Å². The fraction of sp³-hybridized carbons (Fsp3) is 0.167. The van der Waals surface area contributed by atoms with Crippen molar-refractivity contribution in [3.05, 3.63) is 51.2 Å². The molecular weight excluding hydrogens is 306 g/mol. The minimum atomic E-state index is -3.57. The molecule has 0 spiro atoms. The van der Waals surface area contributed by atoms with Gasteiger partial charge in [0, 0.05) is 21.8 Å². The zero-order valence-corrected chi connectivity index (χ0v) is 12.2. The van der Waals surface area contributed by atoms with Gasteiger partial charge in [0.1, 0.15) is 0 Å². The number of rotatable bonds is 5. The largest absolute Gasteiger partial charge is 0.391 e. The molecule has 0 saturated carbocycles. The van der Waals surface area contributed by atoms with Crippen molar-refractivity contribution in [2.45, 2.75) is 18.0 Å². The summed E-state index contributed by atoms with van der Waals surface area (Å²) in [5, 5.41) is 11.0. The monoisotopic (exact) mass is 317 g/mol. The first-order chi connectivity index (χ1) is 9.03. The molecule has 1 aromatic carbocycles. The van der Waals surface area contributed by atoms with Crippen LogP contribution >= 0.6 is 22.9 Å². The standard InChI is InChI=1S/C12H12ClNO3S2/c13-12-4-2-1-3-9(12)6-14-19(16,17)11-5-10(7-15)18-8-11/h1-5,8,14-15H,6-7H2. The van der Waals surface area contributed by atoms with Gasteiger partial charge in [0.25, 0.3) is 0 Å². The van der Waals surface area contributed by atoms with E-state index < -0.39 is 10.0 Å². The van der Waals surface area contributed by atoms with Gasteiger partial charge >= 0.3 is 0 Å². The third-order valence-corrected chi connectivity index (χ3v) is 5.33. The Labute approximate surface area is 120 Å². The highest BCUT2D eigenvalue weighted by atomic mass is 35.5. The van der Waals surface area contributed by atoms with E-state index >= 15 is 0 Å². The molecule has 102 valence electrons. The highest BCUT2D eigenvalue weighted by Gasteiger charge is 2.16. The van der Waals surface area contributed by atoms with Crippen LogP contribution in [0.25, 0.3) is 0 Å². The van der Waals surface area contributed by atoms with Gasteiger partial charge in [-0.05, 0) is 17.7 Å². The van der Waals surface area contributed by atoms with Gasteiger partial charge in [-0.2, -0.15) is 0 Å². The van der Waals surface area contributed by atoms with Crippen LogP contribution in [0.5, 0.6) is 0 Å². The Morgan fingerprint density at radius 3 is 2.68 bits per heavy atom. The highest BCUT2D eigenvalue weighted by Crippen LogP contribution is 2.20. The molecule has 0 radical (unpaired) electrons. The van der Waals surface area contributed by atoms with E-state index in [0.717, 1.165) is 0 Å². The van der Waals surface area contributed by atoms with Gasteiger partial charge in [-0.25, -0.2) is 13.1 Å². The summed E-state index contributed by atoms with van der Waals surface area (Å²) in [5.74, 6) is 0. The number of aliphatic hydroxyl groups is 1. The Hall–Kier alpha value is -0.920. The molecule has 7 heteroatoms. The maximum absolute atomic E-state index is 12.0. The minimum absolute atomic E-state index is 0.131. The SMILES string of the molecule is O=S(=O)(NCc1ccccc1Cl)c1csc(CO)c1. The molecule has 2 rings (SSSR count). The molecule has 0 aliphatic rings. The van der Waals surface area contributed by atoms with Crippen LogP contribution in [0, 0.1) is 0 Å². The molecule has 0 atom stereocenters. The first-order valence-corrected chi connectivity index (χ1v) is 8.18. The molecule has 4 nitrogen and oxygen atoms in total. The normalized spacial score (nSPS) is 11.7. The van der Waals surface area contributed by atoms with Gasteiger partial charge in [-0.3, -0.25) is 0 Å². The van der Waals surface area contributed by atoms with Crippen molar-refractivity contribution in [3.8, 4) is 0 Å². The minimum Gasteiger partial charge on any atom is -0.391 e. The number of sulfonamides is 1. The summed E-state index contributed by atoms with van der Waals surface area (Å²) in [7, 11) is -3.57. The third-order valence-electron chi connectivity index (χ3n) is 2.51. The summed E-state index contributed by atoms with van der Waals surface area (Å²) in [5.41, 5.74) is 0.713.